The molecule has 0 fully saturated rings. The van der Waals surface area contributed by atoms with Crippen molar-refractivity contribution in [2.45, 2.75) is 12.1 Å². The minimum Gasteiger partial charge on any atom is -0.431 e. The first-order valence-electron chi connectivity index (χ1n) is 3.94. The van der Waals surface area contributed by atoms with Gasteiger partial charge in [-0.15, -0.1) is 0 Å². The number of fused-ring (bicyclic) bond motifs is 1. The predicted octanol–water partition coefficient (Wildman–Crippen LogP) is 3.37. The third-order valence-corrected chi connectivity index (χ3v) is 2.25. The molecule has 0 unspecified atom stereocenters. The van der Waals surface area contributed by atoms with Gasteiger partial charge in [0.05, 0.1) is 0 Å². The van der Waals surface area contributed by atoms with Gasteiger partial charge >= 0.3 is 0 Å². The first-order chi connectivity index (χ1) is 6.29. The van der Waals surface area contributed by atoms with Gasteiger partial charge in [0.2, 0.25) is 0 Å². The number of rotatable bonds is 2. The highest BCUT2D eigenvalue weighted by Crippen LogP contribution is 2.23. The molecule has 0 saturated heterocycles. The van der Waals surface area contributed by atoms with E-state index in [-0.39, 0.29) is 0 Å². The molecule has 0 saturated carbocycles. The lowest BCUT2D eigenvalue weighted by molar-refractivity contribution is 0.490. The molecule has 0 bridgehead atoms. The molecule has 1 aromatic heterocycles. The maximum Gasteiger partial charge on any atom is 0.261 e. The van der Waals surface area contributed by atoms with Gasteiger partial charge in [-0.1, -0.05) is 12.6 Å². The number of oxazole rings is 1. The molecule has 0 aliphatic carbocycles. The molecule has 66 valence electrons. The summed E-state index contributed by atoms with van der Waals surface area (Å²) in [5, 5.41) is 2.35. The van der Waals surface area contributed by atoms with Crippen LogP contribution in [0.1, 0.15) is 5.56 Å². The van der Waals surface area contributed by atoms with E-state index in [9.17, 15) is 0 Å². The van der Waals surface area contributed by atoms with Crippen LogP contribution in [0.3, 0.4) is 0 Å². The van der Waals surface area contributed by atoms with E-state index >= 15 is 0 Å². The van der Waals surface area contributed by atoms with Crippen LogP contribution in [0.15, 0.2) is 39.8 Å². The Kier molecular flexibility index (Phi) is 2.10. The summed E-state index contributed by atoms with van der Waals surface area (Å²) in [4.78, 5) is 4.29. The maximum absolute atomic E-state index is 5.44. The molecule has 13 heavy (non-hydrogen) atoms. The van der Waals surface area contributed by atoms with Crippen LogP contribution in [-0.2, 0) is 0 Å². The molecule has 0 aliphatic heterocycles. The molecular formula is C10H9NOS. The standard InChI is InChI=1S/C10H9NOS/c1-3-13-10-11-8-6-7(2)4-5-9(8)12-10/h3-6H,1H2,2H3. The van der Waals surface area contributed by atoms with E-state index in [4.69, 9.17) is 4.42 Å². The van der Waals surface area contributed by atoms with Crippen molar-refractivity contribution in [3.05, 3.63) is 35.7 Å². The highest BCUT2D eigenvalue weighted by molar-refractivity contribution is 8.01. The van der Waals surface area contributed by atoms with Gasteiger partial charge in [0.15, 0.2) is 5.58 Å². The summed E-state index contributed by atoms with van der Waals surface area (Å²) < 4.78 is 5.44. The minimum absolute atomic E-state index is 0.649. The molecule has 0 atom stereocenters. The normalized spacial score (nSPS) is 10.5. The summed E-state index contributed by atoms with van der Waals surface area (Å²) >= 11 is 1.39. The van der Waals surface area contributed by atoms with Crippen LogP contribution in [0.25, 0.3) is 11.1 Å². The Morgan fingerprint density at radius 1 is 1.54 bits per heavy atom. The van der Waals surface area contributed by atoms with E-state index < -0.39 is 0 Å². The number of benzene rings is 1. The van der Waals surface area contributed by atoms with Gasteiger partial charge in [0.1, 0.15) is 5.52 Å². The van der Waals surface area contributed by atoms with Crippen molar-refractivity contribution in [3.63, 3.8) is 0 Å². The largest absolute Gasteiger partial charge is 0.431 e. The van der Waals surface area contributed by atoms with Gasteiger partial charge in [-0.05, 0) is 41.8 Å². The van der Waals surface area contributed by atoms with Crippen LogP contribution in [0.5, 0.6) is 0 Å². The van der Waals surface area contributed by atoms with Crippen LogP contribution in [0.2, 0.25) is 0 Å². The molecule has 0 spiro atoms. The Labute approximate surface area is 80.7 Å². The van der Waals surface area contributed by atoms with Crippen molar-refractivity contribution >= 4 is 22.9 Å². The predicted molar refractivity (Wildman–Crippen MR) is 54.8 cm³/mol. The van der Waals surface area contributed by atoms with Gasteiger partial charge in [0.25, 0.3) is 5.22 Å². The molecule has 0 aliphatic rings. The zero-order valence-corrected chi connectivity index (χ0v) is 8.10. The smallest absolute Gasteiger partial charge is 0.261 e. The number of thioether (sulfide) groups is 1. The fourth-order valence-electron chi connectivity index (χ4n) is 1.14. The van der Waals surface area contributed by atoms with Crippen molar-refractivity contribution in [1.29, 1.82) is 0 Å². The Morgan fingerprint density at radius 3 is 3.15 bits per heavy atom. The summed E-state index contributed by atoms with van der Waals surface area (Å²) in [5.74, 6) is 0. The van der Waals surface area contributed by atoms with Crippen LogP contribution >= 0.6 is 11.8 Å². The number of aromatic nitrogens is 1. The molecule has 2 rings (SSSR count). The zero-order valence-electron chi connectivity index (χ0n) is 7.28. The Balaban J connectivity index is 2.55. The fourth-order valence-corrected chi connectivity index (χ4v) is 1.57. The molecular weight excluding hydrogens is 182 g/mol. The second kappa shape index (κ2) is 3.26. The van der Waals surface area contributed by atoms with Crippen LogP contribution in [0, 0.1) is 6.92 Å². The van der Waals surface area contributed by atoms with Gasteiger partial charge < -0.3 is 4.42 Å². The SMILES string of the molecule is C=CSc1nc2cc(C)ccc2o1. The highest BCUT2D eigenvalue weighted by Gasteiger charge is 2.03. The van der Waals surface area contributed by atoms with E-state index in [1.54, 1.807) is 5.41 Å². The summed E-state index contributed by atoms with van der Waals surface area (Å²) in [5.41, 5.74) is 2.93. The summed E-state index contributed by atoms with van der Waals surface area (Å²) in [7, 11) is 0. The van der Waals surface area contributed by atoms with Crippen LogP contribution < -0.4 is 0 Å². The summed E-state index contributed by atoms with van der Waals surface area (Å²) in [6, 6.07) is 5.95. The molecule has 3 heteroatoms. The molecule has 0 N–H and O–H groups in total. The molecule has 1 aromatic carbocycles. The van der Waals surface area contributed by atoms with Crippen molar-refractivity contribution in [2.75, 3.05) is 0 Å². The Hall–Kier alpha value is -1.22. The molecule has 2 nitrogen and oxygen atoms in total. The third kappa shape index (κ3) is 1.60. The summed E-state index contributed by atoms with van der Waals surface area (Å²) in [6.07, 6.45) is 0. The number of aryl methyl sites for hydroxylation is 1. The average Bonchev–Trinajstić information content (AvgIpc) is 2.46. The quantitative estimate of drug-likeness (QED) is 0.681. The lowest BCUT2D eigenvalue weighted by atomic mass is 10.2. The van der Waals surface area contributed by atoms with Crippen LogP contribution in [0.4, 0.5) is 0 Å². The van der Waals surface area contributed by atoms with E-state index in [0.717, 1.165) is 11.1 Å². The molecule has 2 aromatic rings. The first-order valence-corrected chi connectivity index (χ1v) is 4.82. The van der Waals surface area contributed by atoms with Crippen molar-refractivity contribution < 1.29 is 4.42 Å². The van der Waals surface area contributed by atoms with Crippen molar-refractivity contribution in [2.24, 2.45) is 0 Å². The lowest BCUT2D eigenvalue weighted by Gasteiger charge is -1.87. The highest BCUT2D eigenvalue weighted by atomic mass is 32.2. The Morgan fingerprint density at radius 2 is 2.38 bits per heavy atom. The molecule has 0 amide bonds. The summed E-state index contributed by atoms with van der Waals surface area (Å²) in [6.45, 7) is 5.64. The Bertz CT molecular complexity index is 447. The maximum atomic E-state index is 5.44. The third-order valence-electron chi connectivity index (χ3n) is 1.71. The lowest BCUT2D eigenvalue weighted by Crippen LogP contribution is -1.71. The fraction of sp³-hybridized carbons (Fsp3) is 0.100. The van der Waals surface area contributed by atoms with E-state index in [1.807, 2.05) is 25.1 Å². The van der Waals surface area contributed by atoms with E-state index in [0.29, 0.717) is 5.22 Å². The van der Waals surface area contributed by atoms with Crippen molar-refractivity contribution in [1.82, 2.24) is 4.98 Å². The van der Waals surface area contributed by atoms with Gasteiger partial charge in [-0.3, -0.25) is 0 Å². The van der Waals surface area contributed by atoms with E-state index in [2.05, 4.69) is 11.6 Å². The van der Waals surface area contributed by atoms with Gasteiger partial charge in [-0.25, -0.2) is 4.98 Å². The van der Waals surface area contributed by atoms with Gasteiger partial charge in [0, 0.05) is 0 Å². The zero-order chi connectivity index (χ0) is 9.26. The second-order valence-electron chi connectivity index (χ2n) is 2.74. The minimum atomic E-state index is 0.649. The first kappa shape index (κ1) is 8.38. The average molecular weight is 191 g/mol. The van der Waals surface area contributed by atoms with Crippen molar-refractivity contribution in [3.8, 4) is 0 Å². The number of hydrogen-bond acceptors (Lipinski definition) is 3. The van der Waals surface area contributed by atoms with Gasteiger partial charge in [-0.2, -0.15) is 0 Å². The topological polar surface area (TPSA) is 26.0 Å². The second-order valence-corrected chi connectivity index (χ2v) is 3.65. The number of nitrogens with zero attached hydrogens (tertiary/aromatic N) is 1. The molecule has 0 radical (unpaired) electrons. The van der Waals surface area contributed by atoms with E-state index in [1.165, 1.54) is 17.3 Å². The van der Waals surface area contributed by atoms with Crippen LogP contribution in [-0.4, -0.2) is 4.98 Å². The number of hydrogen-bond donors (Lipinski definition) is 0. The molecule has 1 heterocycles. The monoisotopic (exact) mass is 191 g/mol.